The lowest BCUT2D eigenvalue weighted by atomic mass is 9.95. The van der Waals surface area contributed by atoms with E-state index >= 15 is 0 Å². The van der Waals surface area contributed by atoms with Crippen molar-refractivity contribution in [1.29, 1.82) is 0 Å². The van der Waals surface area contributed by atoms with Gasteiger partial charge in [-0.1, -0.05) is 69.6 Å². The van der Waals surface area contributed by atoms with Crippen molar-refractivity contribution in [1.82, 2.24) is 4.98 Å². The van der Waals surface area contributed by atoms with Gasteiger partial charge in [0, 0.05) is 5.56 Å². The van der Waals surface area contributed by atoms with E-state index in [2.05, 4.69) is 25.4 Å². The van der Waals surface area contributed by atoms with Crippen LogP contribution in [0.4, 0.5) is 5.13 Å². The van der Waals surface area contributed by atoms with Crippen molar-refractivity contribution in [3.63, 3.8) is 0 Å². The molecule has 1 saturated heterocycles. The summed E-state index contributed by atoms with van der Waals surface area (Å²) < 4.78 is 22.6. The fraction of sp³-hybridized carbons (Fsp3) is 0.389. The maximum absolute atomic E-state index is 13.7. The number of rotatable bonds is 17. The van der Waals surface area contributed by atoms with E-state index in [1.165, 1.54) is 18.1 Å². The molecule has 47 heavy (non-hydrogen) atoms. The molecule has 1 N–H and O–H groups in total. The average molecular weight is 663 g/mol. The molecular weight excluding hydrogens is 620 g/mol. The Balaban J connectivity index is 1.79. The van der Waals surface area contributed by atoms with Gasteiger partial charge in [-0.05, 0) is 61.7 Å². The topological polar surface area (TPSA) is 124 Å². The maximum Gasteiger partial charge on any atom is 0.350 e. The molecule has 0 aliphatic carbocycles. The van der Waals surface area contributed by atoms with E-state index < -0.39 is 23.7 Å². The number of amides is 1. The Hall–Kier alpha value is -4.64. The molecule has 2 aromatic carbocycles. The summed E-state index contributed by atoms with van der Waals surface area (Å²) in [4.78, 5) is 46.1. The molecular formula is C36H42N2O8S. The van der Waals surface area contributed by atoms with E-state index in [-0.39, 0.29) is 27.9 Å². The molecule has 1 aromatic heterocycles. The van der Waals surface area contributed by atoms with E-state index in [1.54, 1.807) is 49.4 Å². The van der Waals surface area contributed by atoms with Gasteiger partial charge in [0.2, 0.25) is 0 Å². The fourth-order valence-corrected chi connectivity index (χ4v) is 6.09. The summed E-state index contributed by atoms with van der Waals surface area (Å²) in [5, 5.41) is 11.7. The first-order valence-corrected chi connectivity index (χ1v) is 16.7. The normalized spacial score (nSPS) is 15.5. The third-order valence-corrected chi connectivity index (χ3v) is 8.74. The Labute approximate surface area is 279 Å². The number of hydrogen-bond acceptors (Lipinski definition) is 10. The summed E-state index contributed by atoms with van der Waals surface area (Å²) in [6.45, 7) is 10.5. The molecule has 11 heteroatoms. The average Bonchev–Trinajstić information content (AvgIpc) is 3.59. The number of anilines is 1. The van der Waals surface area contributed by atoms with Crippen LogP contribution >= 0.6 is 11.3 Å². The Bertz CT molecular complexity index is 1610. The zero-order chi connectivity index (χ0) is 33.9. The third-order valence-electron chi connectivity index (χ3n) is 7.61. The minimum atomic E-state index is -1.09. The SMILES string of the molecule is C=CCOC(=O)c1sc(N2C(=O)C(=O)C(=C(O)c3ccc(OCCCC)cc3)[C@@H]2c2ccc(OCCCCCC)c(OC)c2)nc1C. The van der Waals surface area contributed by atoms with E-state index in [1.807, 2.05) is 0 Å². The Morgan fingerprint density at radius 3 is 2.40 bits per heavy atom. The minimum Gasteiger partial charge on any atom is -0.507 e. The number of benzene rings is 2. The smallest absolute Gasteiger partial charge is 0.350 e. The van der Waals surface area contributed by atoms with Crippen molar-refractivity contribution >= 4 is 39.9 Å². The van der Waals surface area contributed by atoms with Crippen LogP contribution in [0.1, 0.15) is 84.9 Å². The van der Waals surface area contributed by atoms with Crippen molar-refractivity contribution in [2.45, 2.75) is 65.3 Å². The van der Waals surface area contributed by atoms with Gasteiger partial charge in [0.1, 0.15) is 23.0 Å². The van der Waals surface area contributed by atoms with Crippen LogP contribution in [0.5, 0.6) is 17.2 Å². The predicted molar refractivity (Wildman–Crippen MR) is 182 cm³/mol. The standard InChI is InChI=1S/C36H42N2O8S/c1-6-9-11-12-21-45-27-18-15-25(22-28(27)43-5)30-29(31(39)24-13-16-26(17-14-24)44-20-10-7-2)32(40)34(41)38(30)36-37-23(4)33(47-36)35(42)46-19-8-3/h8,13-18,22,30,39H,3,6-7,9-12,19-21H2,1-2,4-5H3/t30-/m0/s1. The van der Waals surface area contributed by atoms with Crippen molar-refractivity contribution < 1.29 is 38.4 Å². The van der Waals surface area contributed by atoms with Crippen molar-refractivity contribution in [2.75, 3.05) is 31.8 Å². The number of aryl methyl sites for hydroxylation is 1. The first kappa shape index (κ1) is 35.2. The second-order valence-corrected chi connectivity index (χ2v) is 12.0. The van der Waals surface area contributed by atoms with Gasteiger partial charge in [0.05, 0.1) is 37.6 Å². The first-order chi connectivity index (χ1) is 22.7. The van der Waals surface area contributed by atoms with Crippen molar-refractivity contribution in [3.05, 3.63) is 82.4 Å². The number of nitrogens with zero attached hydrogens (tertiary/aromatic N) is 2. The number of aromatic nitrogens is 1. The highest BCUT2D eigenvalue weighted by Crippen LogP contribution is 2.45. The third kappa shape index (κ3) is 8.21. The van der Waals surface area contributed by atoms with Crippen LogP contribution in [-0.2, 0) is 14.3 Å². The van der Waals surface area contributed by atoms with Crippen LogP contribution in [0.2, 0.25) is 0 Å². The van der Waals surface area contributed by atoms with Crippen LogP contribution in [0.25, 0.3) is 5.76 Å². The maximum atomic E-state index is 13.7. The molecule has 1 atom stereocenters. The first-order valence-electron chi connectivity index (χ1n) is 15.9. The Kier molecular flexibility index (Phi) is 12.6. The Morgan fingerprint density at radius 2 is 1.72 bits per heavy atom. The summed E-state index contributed by atoms with van der Waals surface area (Å²) >= 11 is 0.927. The molecule has 4 rings (SSSR count). The summed E-state index contributed by atoms with van der Waals surface area (Å²) in [6, 6.07) is 10.7. The van der Waals surface area contributed by atoms with Gasteiger partial charge in [0.15, 0.2) is 16.6 Å². The predicted octanol–water partition coefficient (Wildman–Crippen LogP) is 7.57. The van der Waals surface area contributed by atoms with E-state index in [0.717, 1.165) is 49.9 Å². The van der Waals surface area contributed by atoms with E-state index in [9.17, 15) is 19.5 Å². The van der Waals surface area contributed by atoms with Gasteiger partial charge in [-0.3, -0.25) is 14.5 Å². The minimum absolute atomic E-state index is 0.00523. The molecule has 3 aromatic rings. The van der Waals surface area contributed by atoms with Crippen LogP contribution in [0, 0.1) is 6.92 Å². The highest BCUT2D eigenvalue weighted by atomic mass is 32.1. The molecule has 1 amide bonds. The summed E-state index contributed by atoms with van der Waals surface area (Å²) in [5.74, 6) is -1.23. The number of hydrogen-bond donors (Lipinski definition) is 1. The lowest BCUT2D eigenvalue weighted by Gasteiger charge is -2.24. The van der Waals surface area contributed by atoms with Crippen molar-refractivity contribution in [3.8, 4) is 17.2 Å². The Morgan fingerprint density at radius 1 is 1.00 bits per heavy atom. The van der Waals surface area contributed by atoms with Gasteiger partial charge in [0.25, 0.3) is 5.78 Å². The number of ketones is 1. The number of unbranched alkanes of at least 4 members (excludes halogenated alkanes) is 4. The monoisotopic (exact) mass is 662 g/mol. The van der Waals surface area contributed by atoms with Gasteiger partial charge in [-0.25, -0.2) is 9.78 Å². The lowest BCUT2D eigenvalue weighted by Crippen LogP contribution is -2.29. The number of carbonyl (C=O) groups is 3. The molecule has 1 aliphatic heterocycles. The number of aliphatic hydroxyl groups is 1. The second-order valence-electron chi connectivity index (χ2n) is 11.0. The number of aliphatic hydroxyl groups excluding tert-OH is 1. The molecule has 0 radical (unpaired) electrons. The van der Waals surface area contributed by atoms with Crippen LogP contribution < -0.4 is 19.1 Å². The molecule has 0 bridgehead atoms. The van der Waals surface area contributed by atoms with Crippen LogP contribution in [0.15, 0.2) is 60.7 Å². The zero-order valence-electron chi connectivity index (χ0n) is 27.4. The summed E-state index contributed by atoms with van der Waals surface area (Å²) in [6.07, 6.45) is 7.52. The number of methoxy groups -OCH3 is 1. The van der Waals surface area contributed by atoms with Gasteiger partial charge in [-0.2, -0.15) is 0 Å². The molecule has 10 nitrogen and oxygen atoms in total. The molecule has 2 heterocycles. The van der Waals surface area contributed by atoms with Crippen LogP contribution in [-0.4, -0.2) is 54.7 Å². The molecule has 0 unspecified atom stereocenters. The second kappa shape index (κ2) is 16.8. The molecule has 0 spiro atoms. The number of esters is 1. The van der Waals surface area contributed by atoms with Gasteiger partial charge in [-0.15, -0.1) is 0 Å². The number of thiazole rings is 1. The molecule has 1 fully saturated rings. The fourth-order valence-electron chi connectivity index (χ4n) is 5.10. The molecule has 1 aliphatic rings. The zero-order valence-corrected chi connectivity index (χ0v) is 28.2. The van der Waals surface area contributed by atoms with E-state index in [0.29, 0.717) is 47.3 Å². The number of carbonyl (C=O) groups excluding carboxylic acids is 3. The van der Waals surface area contributed by atoms with Gasteiger partial charge < -0.3 is 24.1 Å². The van der Waals surface area contributed by atoms with Crippen LogP contribution in [0.3, 0.4) is 0 Å². The quantitative estimate of drug-likeness (QED) is 0.0389. The largest absolute Gasteiger partial charge is 0.507 e. The van der Waals surface area contributed by atoms with Gasteiger partial charge >= 0.3 is 11.9 Å². The summed E-state index contributed by atoms with van der Waals surface area (Å²) in [5.41, 5.74) is 1.01. The van der Waals surface area contributed by atoms with Crippen molar-refractivity contribution in [2.24, 2.45) is 0 Å². The molecule has 250 valence electrons. The number of Topliss-reactive ketones (excluding diaryl/α,β-unsaturated/α-hetero) is 1. The lowest BCUT2D eigenvalue weighted by molar-refractivity contribution is -0.132. The van der Waals surface area contributed by atoms with E-state index in [4.69, 9.17) is 18.9 Å². The highest BCUT2D eigenvalue weighted by Gasteiger charge is 2.48. The highest BCUT2D eigenvalue weighted by molar-refractivity contribution is 7.17. The number of ether oxygens (including phenoxy) is 4. The molecule has 0 saturated carbocycles. The summed E-state index contributed by atoms with van der Waals surface area (Å²) in [7, 11) is 1.51.